The predicted octanol–water partition coefficient (Wildman–Crippen LogP) is 3.21. The Labute approximate surface area is 98.5 Å². The van der Waals surface area contributed by atoms with Gasteiger partial charge >= 0.3 is 6.09 Å². The molecule has 1 amide bonds. The maximum Gasteiger partial charge on any atom is 0.410 e. The molecule has 1 fully saturated rings. The van der Waals surface area contributed by atoms with Crippen LogP contribution in [0.1, 0.15) is 41.0 Å². The number of amides is 1. The lowest BCUT2D eigenvalue weighted by molar-refractivity contribution is 0.0299. The Kier molecular flexibility index (Phi) is 4.00. The lowest BCUT2D eigenvalue weighted by Gasteiger charge is -2.23. The number of hydrogen-bond acceptors (Lipinski definition) is 2. The minimum absolute atomic E-state index is 0.195. The van der Waals surface area contributed by atoms with E-state index in [-0.39, 0.29) is 6.09 Å². The quantitative estimate of drug-likeness (QED) is 0.641. The highest BCUT2D eigenvalue weighted by Gasteiger charge is 2.26. The molecule has 0 spiro atoms. The lowest BCUT2D eigenvalue weighted by atomic mass is 10.1. The van der Waals surface area contributed by atoms with Crippen LogP contribution in [0.15, 0.2) is 11.6 Å². The van der Waals surface area contributed by atoms with Crippen LogP contribution in [0.3, 0.4) is 0 Å². The third-order valence-corrected chi connectivity index (χ3v) is 2.32. The molecule has 0 aromatic heterocycles. The van der Waals surface area contributed by atoms with Crippen LogP contribution in [0.4, 0.5) is 4.79 Å². The molecule has 1 heterocycles. The van der Waals surface area contributed by atoms with Crippen molar-refractivity contribution >= 4 is 6.09 Å². The van der Waals surface area contributed by atoms with Crippen LogP contribution < -0.4 is 0 Å². The number of carbonyl (C=O) groups is 1. The van der Waals surface area contributed by atoms with Crippen LogP contribution in [0.25, 0.3) is 0 Å². The Balaban J connectivity index is 2.50. The van der Waals surface area contributed by atoms with Gasteiger partial charge < -0.3 is 9.64 Å². The van der Waals surface area contributed by atoms with Gasteiger partial charge in [0.2, 0.25) is 0 Å². The maximum atomic E-state index is 11.8. The van der Waals surface area contributed by atoms with Crippen molar-refractivity contribution in [1.82, 2.24) is 4.90 Å². The Morgan fingerprint density at radius 3 is 2.56 bits per heavy atom. The van der Waals surface area contributed by atoms with Crippen molar-refractivity contribution in [3.8, 4) is 0 Å². The first-order chi connectivity index (χ1) is 7.28. The molecule has 3 nitrogen and oxygen atoms in total. The van der Waals surface area contributed by atoms with E-state index in [4.69, 9.17) is 4.74 Å². The topological polar surface area (TPSA) is 29.5 Å². The van der Waals surface area contributed by atoms with Crippen molar-refractivity contribution in [2.45, 2.75) is 46.6 Å². The van der Waals surface area contributed by atoms with Crippen LogP contribution in [-0.2, 0) is 4.74 Å². The molecule has 0 N–H and O–H groups in total. The zero-order valence-corrected chi connectivity index (χ0v) is 11.0. The van der Waals surface area contributed by atoms with Crippen molar-refractivity contribution in [1.29, 1.82) is 0 Å². The van der Waals surface area contributed by atoms with Crippen LogP contribution >= 0.6 is 0 Å². The molecule has 0 radical (unpaired) electrons. The molecule has 0 aliphatic carbocycles. The van der Waals surface area contributed by atoms with Gasteiger partial charge in [-0.05, 0) is 33.1 Å². The van der Waals surface area contributed by atoms with E-state index >= 15 is 0 Å². The van der Waals surface area contributed by atoms with Crippen molar-refractivity contribution in [2.24, 2.45) is 5.92 Å². The fraction of sp³-hybridized carbons (Fsp3) is 0.769. The lowest BCUT2D eigenvalue weighted by Crippen LogP contribution is -2.34. The summed E-state index contributed by atoms with van der Waals surface area (Å²) in [5.41, 5.74) is 0.947. The van der Waals surface area contributed by atoms with Crippen LogP contribution in [0.5, 0.6) is 0 Å². The monoisotopic (exact) mass is 225 g/mol. The second kappa shape index (κ2) is 4.89. The highest BCUT2D eigenvalue weighted by molar-refractivity contribution is 5.69. The molecule has 0 aromatic carbocycles. The predicted molar refractivity (Wildman–Crippen MR) is 65.3 cm³/mol. The summed E-state index contributed by atoms with van der Waals surface area (Å²) < 4.78 is 5.33. The van der Waals surface area contributed by atoms with Crippen molar-refractivity contribution < 1.29 is 9.53 Å². The summed E-state index contributed by atoms with van der Waals surface area (Å²) in [4.78, 5) is 13.5. The molecule has 0 aromatic rings. The van der Waals surface area contributed by atoms with Crippen molar-refractivity contribution in [2.75, 3.05) is 13.1 Å². The number of hydrogen-bond donors (Lipinski definition) is 0. The van der Waals surface area contributed by atoms with Crippen LogP contribution in [0.2, 0.25) is 0 Å². The van der Waals surface area contributed by atoms with E-state index in [1.165, 1.54) is 5.57 Å². The first-order valence-electron chi connectivity index (χ1n) is 5.95. The van der Waals surface area contributed by atoms with E-state index in [9.17, 15) is 4.79 Å². The van der Waals surface area contributed by atoms with Gasteiger partial charge in [-0.15, -0.1) is 0 Å². The molecule has 1 aliphatic heterocycles. The summed E-state index contributed by atoms with van der Waals surface area (Å²) >= 11 is 0. The summed E-state index contributed by atoms with van der Waals surface area (Å²) in [6.07, 6.45) is 3.03. The zero-order chi connectivity index (χ0) is 12.3. The molecule has 0 saturated carbocycles. The molecule has 1 aliphatic rings. The largest absolute Gasteiger partial charge is 0.444 e. The Morgan fingerprint density at radius 1 is 1.44 bits per heavy atom. The normalized spacial score (nSPS) is 19.6. The highest BCUT2D eigenvalue weighted by Crippen LogP contribution is 2.19. The molecule has 0 unspecified atom stereocenters. The minimum atomic E-state index is -0.401. The van der Waals surface area contributed by atoms with Crippen molar-refractivity contribution in [3.63, 3.8) is 0 Å². The van der Waals surface area contributed by atoms with E-state index in [0.29, 0.717) is 5.92 Å². The highest BCUT2D eigenvalue weighted by atomic mass is 16.6. The smallest absolute Gasteiger partial charge is 0.410 e. The van der Waals surface area contributed by atoms with E-state index in [2.05, 4.69) is 19.9 Å². The van der Waals surface area contributed by atoms with Gasteiger partial charge in [-0.25, -0.2) is 4.79 Å². The number of ether oxygens (including phenoxy) is 1. The third kappa shape index (κ3) is 4.25. The van der Waals surface area contributed by atoms with Gasteiger partial charge in [-0.2, -0.15) is 0 Å². The summed E-state index contributed by atoms with van der Waals surface area (Å²) in [7, 11) is 0. The first-order valence-corrected chi connectivity index (χ1v) is 5.95. The average Bonchev–Trinajstić information content (AvgIpc) is 2.48. The Bertz CT molecular complexity index is 287. The van der Waals surface area contributed by atoms with Gasteiger partial charge in [0.1, 0.15) is 5.60 Å². The zero-order valence-electron chi connectivity index (χ0n) is 11.0. The second-order valence-corrected chi connectivity index (χ2v) is 5.72. The van der Waals surface area contributed by atoms with E-state index < -0.39 is 5.60 Å². The third-order valence-electron chi connectivity index (χ3n) is 2.32. The number of allylic oxidation sites excluding steroid dienone is 1. The van der Waals surface area contributed by atoms with E-state index in [1.807, 2.05) is 20.8 Å². The number of likely N-dealkylation sites (tertiary alicyclic amines) is 1. The van der Waals surface area contributed by atoms with Gasteiger partial charge in [-0.1, -0.05) is 25.5 Å². The molecule has 0 atom stereocenters. The molecule has 3 heteroatoms. The van der Waals surface area contributed by atoms with Gasteiger partial charge in [0.15, 0.2) is 0 Å². The van der Waals surface area contributed by atoms with Gasteiger partial charge in [-0.3, -0.25) is 0 Å². The first kappa shape index (κ1) is 13.1. The number of nitrogens with zero attached hydrogens (tertiary/aromatic N) is 1. The summed E-state index contributed by atoms with van der Waals surface area (Å²) in [5, 5.41) is 0. The maximum absolute atomic E-state index is 11.8. The molecular formula is C13H23NO2. The summed E-state index contributed by atoms with van der Waals surface area (Å²) in [5.74, 6) is 0.550. The molecule has 1 rings (SSSR count). The second-order valence-electron chi connectivity index (χ2n) is 5.72. The summed E-state index contributed by atoms with van der Waals surface area (Å²) in [6, 6.07) is 0. The van der Waals surface area contributed by atoms with E-state index in [0.717, 1.165) is 19.5 Å². The van der Waals surface area contributed by atoms with Crippen molar-refractivity contribution in [3.05, 3.63) is 11.6 Å². The molecular weight excluding hydrogens is 202 g/mol. The van der Waals surface area contributed by atoms with Gasteiger partial charge in [0.05, 0.1) is 0 Å². The Morgan fingerprint density at radius 2 is 2.06 bits per heavy atom. The van der Waals surface area contributed by atoms with Gasteiger partial charge in [0.25, 0.3) is 0 Å². The standard InChI is InChI=1S/C13H23NO2/c1-10(2)8-11-6-7-14(9-11)12(15)16-13(3,4)5/h8,10H,6-7,9H2,1-5H3/b11-8-. The summed E-state index contributed by atoms with van der Waals surface area (Å²) in [6.45, 7) is 11.5. The fourth-order valence-corrected chi connectivity index (χ4v) is 1.77. The van der Waals surface area contributed by atoms with Gasteiger partial charge in [0, 0.05) is 13.1 Å². The van der Waals surface area contributed by atoms with E-state index in [1.54, 1.807) is 4.90 Å². The SMILES string of the molecule is CC(C)/C=C1/CCN(C(=O)OC(C)(C)C)C1. The molecule has 92 valence electrons. The Hall–Kier alpha value is -0.990. The number of rotatable bonds is 1. The molecule has 16 heavy (non-hydrogen) atoms. The number of carbonyl (C=O) groups excluding carboxylic acids is 1. The fourth-order valence-electron chi connectivity index (χ4n) is 1.77. The van der Waals surface area contributed by atoms with Crippen LogP contribution in [-0.4, -0.2) is 29.7 Å². The molecule has 1 saturated heterocycles. The minimum Gasteiger partial charge on any atom is -0.444 e. The average molecular weight is 225 g/mol. The molecule has 0 bridgehead atoms. The van der Waals surface area contributed by atoms with Crippen LogP contribution in [0, 0.1) is 5.92 Å².